The molecular weight excluding hydrogens is 890 g/mol. The van der Waals surface area contributed by atoms with Crippen LogP contribution >= 0.6 is 0 Å². The molecule has 2 saturated heterocycles. The van der Waals surface area contributed by atoms with Crippen molar-refractivity contribution in [1.29, 1.82) is 0 Å². The van der Waals surface area contributed by atoms with Crippen molar-refractivity contribution in [2.45, 2.75) is 113 Å². The zero-order chi connectivity index (χ0) is 47.5. The van der Waals surface area contributed by atoms with Gasteiger partial charge in [0.05, 0.1) is 39.8 Å². The van der Waals surface area contributed by atoms with Gasteiger partial charge in [0.25, 0.3) is 21.6 Å². The first-order valence-corrected chi connectivity index (χ1v) is 25.3. The van der Waals surface area contributed by atoms with Crippen LogP contribution in [0.2, 0.25) is 0 Å². The Kier molecular flexibility index (Phi) is 11.9. The molecule has 5 heterocycles. The van der Waals surface area contributed by atoms with Crippen LogP contribution in [0, 0.1) is 27.3 Å². The van der Waals surface area contributed by atoms with E-state index in [1.807, 2.05) is 9.62 Å². The molecule has 0 unspecified atom stereocenters. The van der Waals surface area contributed by atoms with Gasteiger partial charge in [0, 0.05) is 55.4 Å². The molecule has 2 saturated carbocycles. The molecule has 5 N–H and O–H groups in total. The van der Waals surface area contributed by atoms with E-state index in [9.17, 15) is 28.4 Å². The second kappa shape index (κ2) is 17.8. The number of piperidine rings is 1. The summed E-state index contributed by atoms with van der Waals surface area (Å²) in [5.41, 5.74) is 2.14. The van der Waals surface area contributed by atoms with Crippen molar-refractivity contribution in [3.63, 3.8) is 0 Å². The van der Waals surface area contributed by atoms with Gasteiger partial charge in [-0.15, -0.1) is 0 Å². The van der Waals surface area contributed by atoms with Crippen LogP contribution in [0.5, 0.6) is 11.5 Å². The number of benzene rings is 3. The number of ether oxygens (including phenoxy) is 1. The topological polar surface area (TPSA) is 212 Å². The number of nitrogens with one attached hydrogen (secondary N) is 4. The second-order valence-electron chi connectivity index (χ2n) is 20.1. The Hall–Kier alpha value is -6.11. The molecule has 358 valence electrons. The van der Waals surface area contributed by atoms with Gasteiger partial charge in [-0.25, -0.2) is 27.5 Å². The maximum Gasteiger partial charge on any atom is 0.296 e. The van der Waals surface area contributed by atoms with Gasteiger partial charge in [0.1, 0.15) is 39.1 Å². The number of H-pyrrole nitrogens is 2. The first-order chi connectivity index (χ1) is 32.6. The number of halogens is 1. The normalized spacial score (nSPS) is 22.2. The van der Waals surface area contributed by atoms with E-state index in [2.05, 4.69) is 68.3 Å². The molecular formula is C50H58FN9O7S. The highest BCUT2D eigenvalue weighted by Crippen LogP contribution is 2.54. The van der Waals surface area contributed by atoms with Crippen LogP contribution in [-0.2, 0) is 10.0 Å². The number of pyridine rings is 1. The Morgan fingerprint density at radius 2 is 1.79 bits per heavy atom. The van der Waals surface area contributed by atoms with Crippen molar-refractivity contribution in [2.75, 3.05) is 36.4 Å². The Balaban J connectivity index is 0.887. The maximum atomic E-state index is 16.5. The van der Waals surface area contributed by atoms with E-state index in [0.717, 1.165) is 56.2 Å². The number of nitro groups is 1. The number of carbonyl (C=O) groups is 1. The van der Waals surface area contributed by atoms with Crippen molar-refractivity contribution < 1.29 is 32.4 Å². The third-order valence-electron chi connectivity index (χ3n) is 15.2. The number of hydrogen-bond acceptors (Lipinski definition) is 12. The first kappa shape index (κ1) is 45.7. The van der Waals surface area contributed by atoms with E-state index >= 15 is 4.39 Å². The van der Waals surface area contributed by atoms with Crippen LogP contribution in [0.4, 0.5) is 21.5 Å². The summed E-state index contributed by atoms with van der Waals surface area (Å²) in [5.74, 6) is -1.23. The van der Waals surface area contributed by atoms with Gasteiger partial charge in [-0.1, -0.05) is 38.1 Å². The lowest BCUT2D eigenvalue weighted by Crippen LogP contribution is -2.55. The highest BCUT2D eigenvalue weighted by atomic mass is 32.2. The Bertz CT molecular complexity index is 3000. The standard InChI is InChI=1S/C50H58FN9O7S/c1-30(2)35-7-4-5-8-36(35)39-9-6-18-59(39)33-25-50(26-33)15-19-58(20-16-50)40-23-42(67-34-21-32-12-17-52-47(32)54-28-34)37(22-38(40)51)48(61)57-68(65,66)43-24-41(60(63)64)44(46-45(43)55-29-56-46)53-27-31-10-13-49(3,62)14-11-31/h4-5,7-8,12,17,21-24,28-31,33,39,53,62H,6,9-11,13-16,18-20,25-27H2,1-3H3,(H,52,54)(H,55,56)(H,57,61)/t31?,39-,49?/m0/s1. The zero-order valence-corrected chi connectivity index (χ0v) is 39.4. The molecule has 0 radical (unpaired) electrons. The zero-order valence-electron chi connectivity index (χ0n) is 38.6. The van der Waals surface area contributed by atoms with Gasteiger partial charge in [-0.05, 0) is 124 Å². The molecule has 3 aromatic carbocycles. The SMILES string of the molecule is CC(C)c1ccccc1[C@@H]1CCCN1C1CC2(CCN(c3cc(Oc4cnc5[nH]ccc5c4)c(C(=O)NS(=O)(=O)c4cc([N+](=O)[O-])c(NCC5CCC(C)(O)CC5)c5[nH]cnc45)cc3F)CC2)C1. The van der Waals surface area contributed by atoms with Crippen LogP contribution in [0.3, 0.4) is 0 Å². The molecule has 0 bridgehead atoms. The quantitative estimate of drug-likeness (QED) is 0.0541. The lowest BCUT2D eigenvalue weighted by atomic mass is 9.59. The molecule has 2 aliphatic heterocycles. The highest BCUT2D eigenvalue weighted by Gasteiger charge is 2.50. The number of fused-ring (bicyclic) bond motifs is 2. The average Bonchev–Trinajstić information content (AvgIpc) is 4.10. The summed E-state index contributed by atoms with van der Waals surface area (Å²) >= 11 is 0. The fourth-order valence-electron chi connectivity index (χ4n) is 11.4. The summed E-state index contributed by atoms with van der Waals surface area (Å²) in [4.78, 5) is 44.5. The number of aliphatic hydroxyl groups is 1. The number of sulfonamides is 1. The van der Waals surface area contributed by atoms with Crippen LogP contribution in [0.15, 0.2) is 78.2 Å². The molecule has 68 heavy (non-hydrogen) atoms. The number of aromatic amines is 2. The number of nitrogens with zero attached hydrogens (tertiary/aromatic N) is 5. The Labute approximate surface area is 394 Å². The molecule has 1 atom stereocenters. The van der Waals surface area contributed by atoms with Crippen molar-refractivity contribution in [3.8, 4) is 11.5 Å². The van der Waals surface area contributed by atoms with E-state index in [0.29, 0.717) is 69.0 Å². The number of rotatable bonds is 13. The fraction of sp³-hybridized carbons (Fsp3) is 0.460. The summed E-state index contributed by atoms with van der Waals surface area (Å²) in [5, 5.41) is 26.7. The lowest BCUT2D eigenvalue weighted by molar-refractivity contribution is -0.384. The van der Waals surface area contributed by atoms with Gasteiger partial charge in [0.15, 0.2) is 0 Å². The molecule has 2 aliphatic carbocycles. The van der Waals surface area contributed by atoms with Crippen LogP contribution in [-0.4, -0.2) is 87.0 Å². The third-order valence-corrected chi connectivity index (χ3v) is 16.6. The van der Waals surface area contributed by atoms with Crippen molar-refractivity contribution in [3.05, 3.63) is 106 Å². The highest BCUT2D eigenvalue weighted by molar-refractivity contribution is 7.90. The first-order valence-electron chi connectivity index (χ1n) is 23.8. The smallest absolute Gasteiger partial charge is 0.296 e. The van der Waals surface area contributed by atoms with Gasteiger partial charge >= 0.3 is 0 Å². The molecule has 1 spiro atoms. The second-order valence-corrected chi connectivity index (χ2v) is 21.8. The maximum absolute atomic E-state index is 16.5. The molecule has 18 heteroatoms. The molecule has 10 rings (SSSR count). The number of carbonyl (C=O) groups excluding carboxylic acids is 1. The Morgan fingerprint density at radius 1 is 1.03 bits per heavy atom. The van der Waals surface area contributed by atoms with E-state index < -0.39 is 48.4 Å². The van der Waals surface area contributed by atoms with E-state index in [-0.39, 0.29) is 45.2 Å². The van der Waals surface area contributed by atoms with E-state index in [1.54, 1.807) is 25.3 Å². The number of aromatic nitrogens is 4. The summed E-state index contributed by atoms with van der Waals surface area (Å²) in [6.45, 7) is 8.93. The summed E-state index contributed by atoms with van der Waals surface area (Å²) < 4.78 is 53.2. The predicted molar refractivity (Wildman–Crippen MR) is 257 cm³/mol. The van der Waals surface area contributed by atoms with E-state index in [1.165, 1.54) is 36.1 Å². The van der Waals surface area contributed by atoms with E-state index in [4.69, 9.17) is 4.74 Å². The van der Waals surface area contributed by atoms with Gasteiger partial charge in [-0.3, -0.25) is 19.8 Å². The van der Waals surface area contributed by atoms with Gasteiger partial charge in [0.2, 0.25) is 0 Å². The average molecular weight is 948 g/mol. The molecule has 3 aromatic heterocycles. The lowest BCUT2D eigenvalue weighted by Gasteiger charge is -2.56. The summed E-state index contributed by atoms with van der Waals surface area (Å²) in [6, 6.07) is 16.6. The minimum atomic E-state index is -4.88. The molecule has 16 nitrogen and oxygen atoms in total. The number of nitro benzene ring substituents is 1. The molecule has 4 fully saturated rings. The fourth-order valence-corrected chi connectivity index (χ4v) is 12.6. The minimum Gasteiger partial charge on any atom is -0.455 e. The Morgan fingerprint density at radius 3 is 2.54 bits per heavy atom. The predicted octanol–water partition coefficient (Wildman–Crippen LogP) is 9.46. The van der Waals surface area contributed by atoms with Crippen LogP contribution in [0.1, 0.15) is 118 Å². The monoisotopic (exact) mass is 947 g/mol. The third kappa shape index (κ3) is 8.77. The van der Waals surface area contributed by atoms with Crippen molar-refractivity contribution >= 4 is 55.1 Å². The van der Waals surface area contributed by atoms with Gasteiger partial charge < -0.3 is 30.0 Å². The minimum absolute atomic E-state index is 0.0516. The number of amides is 1. The number of anilines is 2. The largest absolute Gasteiger partial charge is 0.455 e. The van der Waals surface area contributed by atoms with Crippen LogP contribution in [0.25, 0.3) is 22.1 Å². The van der Waals surface area contributed by atoms with Crippen molar-refractivity contribution in [2.24, 2.45) is 11.3 Å². The molecule has 6 aromatic rings. The summed E-state index contributed by atoms with van der Waals surface area (Å²) in [6.07, 6.45) is 13.3. The van der Waals surface area contributed by atoms with Crippen molar-refractivity contribution in [1.82, 2.24) is 29.6 Å². The summed E-state index contributed by atoms with van der Waals surface area (Å²) in [7, 11) is -4.88. The number of imidazole rings is 1. The van der Waals surface area contributed by atoms with Gasteiger partial charge in [-0.2, -0.15) is 0 Å². The molecule has 4 aliphatic rings. The number of hydrogen-bond donors (Lipinski definition) is 5. The van der Waals surface area contributed by atoms with Crippen LogP contribution < -0.4 is 19.7 Å². The number of likely N-dealkylation sites (tertiary alicyclic amines) is 1. The molecule has 1 amide bonds.